The highest BCUT2D eigenvalue weighted by atomic mass is 32.1. The molecule has 17 rings (SSSR count). The van der Waals surface area contributed by atoms with E-state index >= 15 is 0 Å². The summed E-state index contributed by atoms with van der Waals surface area (Å²) in [6.45, 7) is 36.5. The molecule has 12 N–H and O–H groups in total. The molecule has 0 spiro atoms. The number of aromatic nitrogens is 10. The van der Waals surface area contributed by atoms with Gasteiger partial charge in [-0.1, -0.05) is 95.3 Å². The van der Waals surface area contributed by atoms with Crippen LogP contribution in [-0.4, -0.2) is 127 Å². The molecule has 766 valence electrons. The number of rotatable bonds is 35. The van der Waals surface area contributed by atoms with Gasteiger partial charge in [0.15, 0.2) is 29.1 Å². The SMILES string of the molecule is C=CCc1c(C)nc(-c2cc(C)c(C)s2)nc1Nc1ccc(C(=O)O)cc1.C=CCc1c(CC)nc(-c2cc(C)c(C)s2)nc1Nc1ccc(C(=O)O)cc1.CCc1c(C)nc(-c2cc(C)c(C)s2)nc1Nc1ccc(C(=O)O)cc1.CCc1c(C)nc(-c2ccc(-c3ccc(C(=O)O)cc3)s2)nc1Nc1ccc(CC(=O)O)cc1.CCc1nc(-c2ccc(-c3ccc(C(=O)O)cc3)s2)nc(Nc2ccc(CC(=O)O)cc2)c1CC. The van der Waals surface area contributed by atoms with E-state index in [1.54, 1.807) is 202 Å². The predicted octanol–water partition coefficient (Wildman–Crippen LogP) is 27.9. The average Bonchev–Trinajstić information content (AvgIpc) is 1.61. The normalized spacial score (nSPS) is 10.7. The van der Waals surface area contributed by atoms with Crippen LogP contribution in [0.4, 0.5) is 57.5 Å². The first-order valence-corrected chi connectivity index (χ1v) is 52.2. The lowest BCUT2D eigenvalue weighted by molar-refractivity contribution is -0.137. The van der Waals surface area contributed by atoms with Gasteiger partial charge in [0, 0.05) is 109 Å². The first-order valence-electron chi connectivity index (χ1n) is 48.1. The van der Waals surface area contributed by atoms with E-state index in [9.17, 15) is 33.6 Å². The fourth-order valence-corrected chi connectivity index (χ4v) is 20.6. The number of allylic oxidation sites excluding steroid dienone is 2. The number of aromatic carboxylic acids is 5. The van der Waals surface area contributed by atoms with E-state index in [0.29, 0.717) is 47.8 Å². The molecule has 150 heavy (non-hydrogen) atoms. The van der Waals surface area contributed by atoms with Crippen LogP contribution in [0.3, 0.4) is 0 Å². The summed E-state index contributed by atoms with van der Waals surface area (Å²) >= 11 is 8.15. The summed E-state index contributed by atoms with van der Waals surface area (Å²) in [5, 5.41) is 80.1. The summed E-state index contributed by atoms with van der Waals surface area (Å²) in [6.07, 6.45) is 8.82. The number of carboxylic acids is 7. The molecule has 0 saturated carbocycles. The van der Waals surface area contributed by atoms with Gasteiger partial charge in [0.25, 0.3) is 0 Å². The van der Waals surface area contributed by atoms with Crippen molar-refractivity contribution in [1.82, 2.24) is 49.8 Å². The van der Waals surface area contributed by atoms with Gasteiger partial charge in [-0.25, -0.2) is 73.8 Å². The number of thiophene rings is 5. The molecule has 0 fully saturated rings. The number of carbonyl (C=O) groups is 7. The smallest absolute Gasteiger partial charge is 0.335 e. The van der Waals surface area contributed by atoms with Crippen LogP contribution in [0.15, 0.2) is 238 Å². The number of aliphatic carboxylic acids is 2. The molecule has 0 aliphatic carbocycles. The van der Waals surface area contributed by atoms with Gasteiger partial charge in [0.1, 0.15) is 29.1 Å². The zero-order valence-electron chi connectivity index (χ0n) is 85.1. The maximum atomic E-state index is 11.1. The molecule has 34 heteroatoms. The quantitative estimate of drug-likeness (QED) is 0.0164. The Morgan fingerprint density at radius 2 is 0.507 bits per heavy atom. The zero-order valence-corrected chi connectivity index (χ0v) is 89.2. The zero-order chi connectivity index (χ0) is 108. The van der Waals surface area contributed by atoms with Crippen LogP contribution in [0.5, 0.6) is 0 Å². The van der Waals surface area contributed by atoms with Crippen molar-refractivity contribution < 1.29 is 69.3 Å². The first-order chi connectivity index (χ1) is 71.9. The van der Waals surface area contributed by atoms with Gasteiger partial charge < -0.3 is 62.3 Å². The van der Waals surface area contributed by atoms with Gasteiger partial charge in [0.05, 0.1) is 65.0 Å². The number of carboxylic acid groups (broad SMARTS) is 7. The lowest BCUT2D eigenvalue weighted by Gasteiger charge is -2.15. The second-order valence-electron chi connectivity index (χ2n) is 34.7. The summed E-state index contributed by atoms with van der Waals surface area (Å²) < 4.78 is 0. The van der Waals surface area contributed by atoms with Crippen LogP contribution in [0, 0.1) is 62.3 Å². The second kappa shape index (κ2) is 51.0. The largest absolute Gasteiger partial charge is 0.481 e. The first kappa shape index (κ1) is 110. The Morgan fingerprint density at radius 1 is 0.267 bits per heavy atom. The molecule has 0 saturated heterocycles. The van der Waals surface area contributed by atoms with E-state index in [4.69, 9.17) is 75.6 Å². The van der Waals surface area contributed by atoms with Crippen LogP contribution in [0.1, 0.15) is 185 Å². The number of benzene rings is 7. The van der Waals surface area contributed by atoms with Crippen LogP contribution in [-0.2, 0) is 67.4 Å². The third-order valence-electron chi connectivity index (χ3n) is 24.2. The molecule has 10 heterocycles. The molecule has 10 aromatic heterocycles. The van der Waals surface area contributed by atoms with Gasteiger partial charge in [0.2, 0.25) is 0 Å². The van der Waals surface area contributed by atoms with E-state index < -0.39 is 41.8 Å². The van der Waals surface area contributed by atoms with Crippen molar-refractivity contribution >= 4 is 156 Å². The highest BCUT2D eigenvalue weighted by Gasteiger charge is 2.24. The van der Waals surface area contributed by atoms with E-state index in [1.807, 2.05) is 81.5 Å². The number of hydrogen-bond donors (Lipinski definition) is 12. The third-order valence-corrected chi connectivity index (χ3v) is 29.9. The van der Waals surface area contributed by atoms with Gasteiger partial charge in [-0.15, -0.1) is 69.8 Å². The highest BCUT2D eigenvalue weighted by molar-refractivity contribution is 7.19. The molecule has 7 aromatic carbocycles. The Bertz CT molecular complexity index is 7760. The van der Waals surface area contributed by atoms with Crippen molar-refractivity contribution in [3.05, 3.63) is 364 Å². The van der Waals surface area contributed by atoms with Crippen molar-refractivity contribution in [2.45, 2.75) is 155 Å². The molecule has 0 amide bonds. The number of nitrogens with zero attached hydrogens (tertiary/aromatic N) is 10. The predicted molar refractivity (Wildman–Crippen MR) is 601 cm³/mol. The molecule has 0 aliphatic heterocycles. The Labute approximate surface area is 888 Å². The summed E-state index contributed by atoms with van der Waals surface area (Å²) in [6, 6.07) is 62.3. The molecule has 0 atom stereocenters. The fourth-order valence-electron chi connectivity index (χ4n) is 15.8. The minimum Gasteiger partial charge on any atom is -0.481 e. The number of anilines is 10. The Kier molecular flexibility index (Phi) is 37.6. The summed E-state index contributed by atoms with van der Waals surface area (Å²) in [4.78, 5) is 136. The fraction of sp³-hybridized carbons (Fsp3) is 0.198. The van der Waals surface area contributed by atoms with Gasteiger partial charge in [-0.05, 0) is 310 Å². The van der Waals surface area contributed by atoms with Crippen LogP contribution < -0.4 is 26.6 Å². The third kappa shape index (κ3) is 28.5. The molecule has 0 radical (unpaired) electrons. The van der Waals surface area contributed by atoms with Crippen LogP contribution >= 0.6 is 56.7 Å². The van der Waals surface area contributed by atoms with Crippen molar-refractivity contribution in [3.8, 4) is 74.4 Å². The van der Waals surface area contributed by atoms with Crippen LogP contribution in [0.25, 0.3) is 74.4 Å². The lowest BCUT2D eigenvalue weighted by atomic mass is 10.1. The van der Waals surface area contributed by atoms with Crippen LogP contribution in [0.2, 0.25) is 0 Å². The average molecular weight is 2100 g/mol. The van der Waals surface area contributed by atoms with Crippen molar-refractivity contribution in [3.63, 3.8) is 0 Å². The minimum atomic E-state index is -0.949. The molecule has 0 unspecified atom stereocenters. The number of hydrogen-bond acceptors (Lipinski definition) is 27. The molecule has 29 nitrogen and oxygen atoms in total. The maximum Gasteiger partial charge on any atom is 0.335 e. The number of nitrogens with one attached hydrogen (secondary N) is 5. The Balaban J connectivity index is 0.000000157. The van der Waals surface area contributed by atoms with E-state index in [-0.39, 0.29) is 40.7 Å². The van der Waals surface area contributed by atoms with E-state index in [2.05, 4.69) is 144 Å². The Hall–Kier alpha value is -16.8. The Morgan fingerprint density at radius 3 is 0.780 bits per heavy atom. The van der Waals surface area contributed by atoms with Gasteiger partial charge >= 0.3 is 41.8 Å². The molecular weight excluding hydrogens is 1990 g/mol. The molecular formula is C116H113N15O14S5. The van der Waals surface area contributed by atoms with Gasteiger partial charge in [-0.3, -0.25) is 9.59 Å². The van der Waals surface area contributed by atoms with Crippen molar-refractivity contribution in [1.29, 1.82) is 0 Å². The lowest BCUT2D eigenvalue weighted by Crippen LogP contribution is -2.07. The molecule has 0 bridgehead atoms. The summed E-state index contributed by atoms with van der Waals surface area (Å²) in [5.41, 5.74) is 22.1. The molecule has 0 aliphatic rings. The maximum absolute atomic E-state index is 11.1. The second-order valence-corrected chi connectivity index (χ2v) is 40.7. The summed E-state index contributed by atoms with van der Waals surface area (Å²) in [7, 11) is 0. The van der Waals surface area contributed by atoms with E-state index in [1.165, 1.54) is 31.3 Å². The topological polar surface area (TPSA) is 450 Å². The monoisotopic (exact) mass is 2100 g/mol. The van der Waals surface area contributed by atoms with Crippen molar-refractivity contribution in [2.24, 2.45) is 0 Å². The molecule has 17 aromatic rings. The minimum absolute atomic E-state index is 0.0160. The number of aryl methyl sites for hydroxylation is 11. The highest BCUT2D eigenvalue weighted by Crippen LogP contribution is 2.41. The van der Waals surface area contributed by atoms with Crippen molar-refractivity contribution in [2.75, 3.05) is 26.6 Å². The van der Waals surface area contributed by atoms with E-state index in [0.717, 1.165) is 196 Å². The van der Waals surface area contributed by atoms with Gasteiger partial charge in [-0.2, -0.15) is 0 Å². The summed E-state index contributed by atoms with van der Waals surface area (Å²) in [5.74, 6) is 0.557. The standard InChI is InChI=1S/C27H25N3O4S.C26H23N3O4S.C22H23N3O2S.C21H21N3O2S.C20H21N3O2S/c1-3-20-21(4-2)29-26(30-25(20)28-19-11-5-16(6-12-19)15-24(31)32)23-14-13-22(35-23)17-7-9-18(10-8-17)27(33)34;1-3-20-15(2)27-25(29-24(20)28-19-10-4-16(5-11-19)14-23(30)31)22-13-12-21(34-22)17-6-8-18(9-7-17)26(32)33;1-5-7-17-18(6-2)24-21(19-12-13(3)14(4)28-19)25-20(17)23-16-10-8-15(9-11-16)22(26)27;1-5-6-17-13(3)22-20(18-11-12(2)14(4)27-18)24-19(17)23-16-9-7-15(8-10-16)21(25)26;1-5-16-12(3)21-19(17-10-11(2)13(4)26-17)23-18(16)22-15-8-6-14(7-9-15)20(24)25/h5-14H,3-4,15H2,1-2H3,(H,31,32)(H,33,34)(H,28,29,30);4-13H,3,14H2,1-2H3,(H,30,31)(H,32,33)(H,27,28,29);5,8-12H,1,6-7H2,2-4H3,(H,26,27)(H,23,24,25);5,7-11H,1,6H2,2-4H3,(H,25,26)(H,22,23,24);6-10H,5H2,1-4H3,(H,24,25)(H,21,22,23).